The van der Waals surface area contributed by atoms with E-state index in [4.69, 9.17) is 4.74 Å². The number of halogens is 1. The van der Waals surface area contributed by atoms with Gasteiger partial charge in [0.25, 0.3) is 0 Å². The lowest BCUT2D eigenvalue weighted by molar-refractivity contribution is -0.140. The van der Waals surface area contributed by atoms with Crippen LogP contribution >= 0.6 is 0 Å². The van der Waals surface area contributed by atoms with Gasteiger partial charge >= 0.3 is 5.97 Å². The first-order valence-electron chi connectivity index (χ1n) is 9.41. The quantitative estimate of drug-likeness (QED) is 0.717. The third-order valence-electron chi connectivity index (χ3n) is 5.19. The number of allylic oxidation sites excluding steroid dienone is 1. The first-order chi connectivity index (χ1) is 13.4. The fraction of sp³-hybridized carbons (Fsp3) is 0.304. The molecule has 2 aromatic rings. The van der Waals surface area contributed by atoms with Crippen molar-refractivity contribution in [2.75, 3.05) is 6.61 Å². The van der Waals surface area contributed by atoms with E-state index in [2.05, 4.69) is 0 Å². The smallest absolute Gasteiger partial charge is 0.336 e. The Kier molecular flexibility index (Phi) is 5.93. The molecule has 0 unspecified atom stereocenters. The van der Waals surface area contributed by atoms with Crippen molar-refractivity contribution in [2.24, 2.45) is 0 Å². The highest BCUT2D eigenvalue weighted by molar-refractivity contribution is 5.95. The van der Waals surface area contributed by atoms with Crippen molar-refractivity contribution >= 4 is 11.9 Å². The second kappa shape index (κ2) is 8.38. The summed E-state index contributed by atoms with van der Waals surface area (Å²) < 4.78 is 19.7. The van der Waals surface area contributed by atoms with E-state index in [9.17, 15) is 14.0 Å². The maximum atomic E-state index is 14.4. The Bertz CT molecular complexity index is 935. The Morgan fingerprint density at radius 2 is 1.82 bits per heavy atom. The predicted octanol–water partition coefficient (Wildman–Crippen LogP) is 4.49. The number of rotatable bonds is 5. The van der Waals surface area contributed by atoms with Crippen molar-refractivity contribution < 1.29 is 18.7 Å². The van der Waals surface area contributed by atoms with E-state index in [-0.39, 0.29) is 18.9 Å². The molecule has 0 aromatic heterocycles. The molecule has 0 fully saturated rings. The summed E-state index contributed by atoms with van der Waals surface area (Å²) in [7, 11) is 0. The van der Waals surface area contributed by atoms with Gasteiger partial charge in [-0.3, -0.25) is 4.79 Å². The molecule has 4 nitrogen and oxygen atoms in total. The van der Waals surface area contributed by atoms with Gasteiger partial charge in [-0.15, -0.1) is 0 Å². The van der Waals surface area contributed by atoms with E-state index in [0.29, 0.717) is 23.4 Å². The van der Waals surface area contributed by atoms with E-state index in [1.165, 1.54) is 6.07 Å². The molecule has 146 valence electrons. The molecule has 0 radical (unpaired) electrons. The fourth-order valence-electron chi connectivity index (χ4n) is 3.66. The van der Waals surface area contributed by atoms with Crippen LogP contribution in [0.15, 0.2) is 59.8 Å². The SMILES string of the molecule is CCOC(=O)C1=C(C)N(Cc2ccccc2C)C(=O)C[C@H]1c1ccccc1F. The van der Waals surface area contributed by atoms with Gasteiger partial charge in [0, 0.05) is 18.0 Å². The molecular weight excluding hydrogens is 357 g/mol. The zero-order chi connectivity index (χ0) is 20.3. The van der Waals surface area contributed by atoms with E-state index < -0.39 is 17.7 Å². The number of benzene rings is 2. The predicted molar refractivity (Wildman–Crippen MR) is 105 cm³/mol. The average Bonchev–Trinajstić information content (AvgIpc) is 2.66. The van der Waals surface area contributed by atoms with Crippen molar-refractivity contribution in [1.82, 2.24) is 4.90 Å². The first-order valence-corrected chi connectivity index (χ1v) is 9.41. The standard InChI is InChI=1S/C23H24FNO3/c1-4-28-23(27)22-16(3)25(14-17-10-6-5-9-15(17)2)21(26)13-19(22)18-11-7-8-12-20(18)24/h5-12,19H,4,13-14H2,1-3H3/t19-/m0/s1. The number of hydrogen-bond donors (Lipinski definition) is 0. The van der Waals surface area contributed by atoms with E-state index in [1.807, 2.05) is 31.2 Å². The summed E-state index contributed by atoms with van der Waals surface area (Å²) in [6.07, 6.45) is 0.0261. The molecule has 0 spiro atoms. The van der Waals surface area contributed by atoms with Gasteiger partial charge in [-0.25, -0.2) is 9.18 Å². The monoisotopic (exact) mass is 381 g/mol. The van der Waals surface area contributed by atoms with E-state index in [0.717, 1.165) is 11.1 Å². The summed E-state index contributed by atoms with van der Waals surface area (Å²) in [6.45, 7) is 6.02. The molecule has 2 aromatic carbocycles. The molecule has 0 saturated carbocycles. The lowest BCUT2D eigenvalue weighted by atomic mass is 9.83. The number of nitrogens with zero attached hydrogens (tertiary/aromatic N) is 1. The van der Waals surface area contributed by atoms with Gasteiger partial charge in [-0.05, 0) is 43.5 Å². The van der Waals surface area contributed by atoms with Crippen molar-refractivity contribution in [3.63, 3.8) is 0 Å². The molecule has 1 atom stereocenters. The largest absolute Gasteiger partial charge is 0.463 e. The van der Waals surface area contributed by atoms with Crippen molar-refractivity contribution in [3.8, 4) is 0 Å². The molecule has 1 aliphatic heterocycles. The molecule has 28 heavy (non-hydrogen) atoms. The lowest BCUT2D eigenvalue weighted by Gasteiger charge is -2.35. The first kappa shape index (κ1) is 19.8. The molecule has 3 rings (SSSR count). The number of amides is 1. The van der Waals surface area contributed by atoms with E-state index in [1.54, 1.807) is 36.9 Å². The minimum atomic E-state index is -0.652. The Hall–Kier alpha value is -2.95. The zero-order valence-corrected chi connectivity index (χ0v) is 16.4. The second-order valence-electron chi connectivity index (χ2n) is 6.90. The molecule has 0 aliphatic carbocycles. The van der Waals surface area contributed by atoms with Gasteiger partial charge in [0.1, 0.15) is 5.82 Å². The van der Waals surface area contributed by atoms with Crippen molar-refractivity contribution in [2.45, 2.75) is 39.7 Å². The van der Waals surface area contributed by atoms with Crippen LogP contribution in [-0.4, -0.2) is 23.4 Å². The zero-order valence-electron chi connectivity index (χ0n) is 16.4. The molecule has 1 amide bonds. The van der Waals surface area contributed by atoms with E-state index >= 15 is 0 Å². The Morgan fingerprint density at radius 3 is 2.50 bits per heavy atom. The Morgan fingerprint density at radius 1 is 1.14 bits per heavy atom. The second-order valence-corrected chi connectivity index (χ2v) is 6.90. The van der Waals surface area contributed by atoms with Crippen LogP contribution in [0.5, 0.6) is 0 Å². The maximum absolute atomic E-state index is 14.4. The number of esters is 1. The number of hydrogen-bond acceptors (Lipinski definition) is 3. The van der Waals surface area contributed by atoms with Gasteiger partial charge in [0.15, 0.2) is 0 Å². The van der Waals surface area contributed by atoms with Crippen molar-refractivity contribution in [1.29, 1.82) is 0 Å². The molecule has 0 N–H and O–H groups in total. The van der Waals surface area contributed by atoms with Gasteiger partial charge in [-0.1, -0.05) is 42.5 Å². The molecule has 5 heteroatoms. The normalized spacial score (nSPS) is 17.1. The van der Waals surface area contributed by atoms with Gasteiger partial charge in [-0.2, -0.15) is 0 Å². The van der Waals surface area contributed by atoms with Crippen LogP contribution in [0.2, 0.25) is 0 Å². The number of carbonyl (C=O) groups excluding carboxylic acids is 2. The van der Waals surface area contributed by atoms with Crippen LogP contribution in [-0.2, 0) is 20.9 Å². The Labute approximate surface area is 164 Å². The molecule has 0 saturated heterocycles. The topological polar surface area (TPSA) is 46.6 Å². The van der Waals surface area contributed by atoms with Crippen LogP contribution < -0.4 is 0 Å². The van der Waals surface area contributed by atoms with Gasteiger partial charge in [0.05, 0.1) is 18.7 Å². The minimum Gasteiger partial charge on any atom is -0.463 e. The summed E-state index contributed by atoms with van der Waals surface area (Å²) in [5, 5.41) is 0. The van der Waals surface area contributed by atoms with Gasteiger partial charge in [0.2, 0.25) is 5.91 Å². The highest BCUT2D eigenvalue weighted by Gasteiger charge is 2.38. The molecule has 0 bridgehead atoms. The van der Waals surface area contributed by atoms with Crippen LogP contribution in [0.4, 0.5) is 4.39 Å². The number of aryl methyl sites for hydroxylation is 1. The summed E-state index contributed by atoms with van der Waals surface area (Å²) in [5.74, 6) is -1.72. The third-order valence-corrected chi connectivity index (χ3v) is 5.19. The maximum Gasteiger partial charge on any atom is 0.336 e. The Balaban J connectivity index is 2.07. The number of ether oxygens (including phenoxy) is 1. The van der Waals surface area contributed by atoms with Crippen molar-refractivity contribution in [3.05, 3.63) is 82.3 Å². The number of carbonyl (C=O) groups is 2. The van der Waals surface area contributed by atoms with Crippen LogP contribution in [0.3, 0.4) is 0 Å². The van der Waals surface area contributed by atoms with Gasteiger partial charge < -0.3 is 9.64 Å². The van der Waals surface area contributed by atoms with Crippen LogP contribution in [0.1, 0.15) is 42.9 Å². The highest BCUT2D eigenvalue weighted by atomic mass is 19.1. The average molecular weight is 381 g/mol. The minimum absolute atomic E-state index is 0.0261. The molecular formula is C23H24FNO3. The van der Waals surface area contributed by atoms with Crippen LogP contribution in [0.25, 0.3) is 0 Å². The summed E-state index contributed by atoms with van der Waals surface area (Å²) >= 11 is 0. The fourth-order valence-corrected chi connectivity index (χ4v) is 3.66. The van der Waals surface area contributed by atoms with Crippen LogP contribution in [0, 0.1) is 12.7 Å². The summed E-state index contributed by atoms with van der Waals surface area (Å²) in [4.78, 5) is 27.3. The summed E-state index contributed by atoms with van der Waals surface area (Å²) in [6, 6.07) is 14.1. The summed E-state index contributed by atoms with van der Waals surface area (Å²) in [5.41, 5.74) is 3.28. The third kappa shape index (κ3) is 3.84. The highest BCUT2D eigenvalue weighted by Crippen LogP contribution is 2.38. The molecule has 1 aliphatic rings. The lowest BCUT2D eigenvalue weighted by Crippen LogP contribution is -2.38. The molecule has 1 heterocycles.